The van der Waals surface area contributed by atoms with Crippen molar-refractivity contribution < 1.29 is 28.7 Å². The number of benzene rings is 5. The zero-order chi connectivity index (χ0) is 37.2. The van der Waals surface area contributed by atoms with Crippen molar-refractivity contribution in [3.8, 4) is 11.5 Å². The highest BCUT2D eigenvalue weighted by Crippen LogP contribution is 2.36. The highest BCUT2D eigenvalue weighted by atomic mass is 32.2. The van der Waals surface area contributed by atoms with Gasteiger partial charge in [-0.3, -0.25) is 19.2 Å². The van der Waals surface area contributed by atoms with E-state index in [0.29, 0.717) is 34.0 Å². The second-order valence-corrected chi connectivity index (χ2v) is 12.8. The Bertz CT molecular complexity index is 2160. The topological polar surface area (TPSA) is 138 Å². The van der Waals surface area contributed by atoms with E-state index in [4.69, 9.17) is 9.47 Å². The Labute approximate surface area is 310 Å². The standard InChI is InChI=1S/C41H35N5O6S/c1-51-32-20-23-35(52-2)29(24-32)25-34(43-39(48)28-14-8-4-9-15-28)40(49)42-30-18-21-33(22-19-30)53-38(27-12-6-3-7-13-27)41(50)44-36-26-37(47)46(45-36)31-16-10-5-11-17-31/h3-25,38H,26H2,1-2H3,(H,42,49)(H,43,48)(H,44,45,50)/b34-25-. The van der Waals surface area contributed by atoms with Crippen molar-refractivity contribution in [2.24, 2.45) is 5.10 Å². The first kappa shape index (κ1) is 36.1. The van der Waals surface area contributed by atoms with Gasteiger partial charge in [0.15, 0.2) is 0 Å². The SMILES string of the molecule is COc1ccc(OC)c(/C=C(\NC(=O)c2ccccc2)C(=O)Nc2ccc(SC(C(=O)NC3=NN(c4ccccc4)C(=O)C3)c3ccccc3)cc2)c1. The lowest BCUT2D eigenvalue weighted by Gasteiger charge is -2.17. The van der Waals surface area contributed by atoms with Crippen molar-refractivity contribution in [1.29, 1.82) is 0 Å². The molecule has 266 valence electrons. The number of rotatable bonds is 12. The van der Waals surface area contributed by atoms with Gasteiger partial charge < -0.3 is 25.4 Å². The fourth-order valence-corrected chi connectivity index (χ4v) is 6.40. The predicted octanol–water partition coefficient (Wildman–Crippen LogP) is 6.81. The molecule has 0 spiro atoms. The van der Waals surface area contributed by atoms with Crippen LogP contribution in [0.15, 0.2) is 149 Å². The molecule has 53 heavy (non-hydrogen) atoms. The summed E-state index contributed by atoms with van der Waals surface area (Å²) in [6, 6.07) is 39.0. The number of nitrogens with zero attached hydrogens (tertiary/aromatic N) is 2. The average Bonchev–Trinajstić information content (AvgIpc) is 3.57. The number of methoxy groups -OCH3 is 2. The first-order valence-electron chi connectivity index (χ1n) is 16.5. The number of thioether (sulfide) groups is 1. The second-order valence-electron chi connectivity index (χ2n) is 11.6. The van der Waals surface area contributed by atoms with Crippen LogP contribution in [0.2, 0.25) is 0 Å². The molecular weight excluding hydrogens is 691 g/mol. The van der Waals surface area contributed by atoms with Crippen LogP contribution in [0.5, 0.6) is 11.5 Å². The summed E-state index contributed by atoms with van der Waals surface area (Å²) in [6.45, 7) is 0. The van der Waals surface area contributed by atoms with E-state index in [1.165, 1.54) is 37.1 Å². The molecule has 0 saturated carbocycles. The summed E-state index contributed by atoms with van der Waals surface area (Å²) < 4.78 is 10.9. The molecule has 6 rings (SSSR count). The molecule has 0 radical (unpaired) electrons. The molecule has 0 bridgehead atoms. The lowest BCUT2D eigenvalue weighted by molar-refractivity contribution is -0.119. The molecule has 1 atom stereocenters. The molecular formula is C41H35N5O6S. The van der Waals surface area contributed by atoms with Crippen molar-refractivity contribution >= 4 is 58.7 Å². The van der Waals surface area contributed by atoms with Gasteiger partial charge in [-0.2, -0.15) is 10.1 Å². The first-order valence-corrected chi connectivity index (χ1v) is 17.4. The number of hydrazone groups is 1. The minimum Gasteiger partial charge on any atom is -0.497 e. The highest BCUT2D eigenvalue weighted by molar-refractivity contribution is 8.00. The molecule has 3 N–H and O–H groups in total. The van der Waals surface area contributed by atoms with E-state index >= 15 is 0 Å². The molecule has 5 aromatic carbocycles. The van der Waals surface area contributed by atoms with Gasteiger partial charge in [0.25, 0.3) is 17.7 Å². The maximum atomic E-state index is 13.7. The van der Waals surface area contributed by atoms with Gasteiger partial charge in [-0.15, -0.1) is 11.8 Å². The summed E-state index contributed by atoms with van der Waals surface area (Å²) in [5.74, 6) is -0.336. The van der Waals surface area contributed by atoms with Crippen LogP contribution in [-0.2, 0) is 14.4 Å². The van der Waals surface area contributed by atoms with Crippen molar-refractivity contribution in [1.82, 2.24) is 10.6 Å². The van der Waals surface area contributed by atoms with Crippen molar-refractivity contribution in [3.05, 3.63) is 156 Å². The summed E-state index contributed by atoms with van der Waals surface area (Å²) in [6.07, 6.45) is 1.49. The van der Waals surface area contributed by atoms with E-state index in [1.807, 2.05) is 48.5 Å². The van der Waals surface area contributed by atoms with Crippen LogP contribution in [0.25, 0.3) is 6.08 Å². The zero-order valence-corrected chi connectivity index (χ0v) is 29.6. The molecule has 1 aliphatic heterocycles. The van der Waals surface area contributed by atoms with Gasteiger partial charge in [-0.25, -0.2) is 0 Å². The van der Waals surface area contributed by atoms with E-state index in [-0.39, 0.29) is 29.8 Å². The lowest BCUT2D eigenvalue weighted by Crippen LogP contribution is -2.33. The summed E-state index contributed by atoms with van der Waals surface area (Å²) in [5.41, 5.74) is 2.70. The summed E-state index contributed by atoms with van der Waals surface area (Å²) in [4.78, 5) is 54.0. The number of hydrogen-bond donors (Lipinski definition) is 3. The van der Waals surface area contributed by atoms with E-state index in [9.17, 15) is 19.2 Å². The summed E-state index contributed by atoms with van der Waals surface area (Å²) in [7, 11) is 3.04. The number of anilines is 2. The molecule has 0 fully saturated rings. The van der Waals surface area contributed by atoms with Gasteiger partial charge in [-0.05, 0) is 78.4 Å². The highest BCUT2D eigenvalue weighted by Gasteiger charge is 2.29. The van der Waals surface area contributed by atoms with Crippen LogP contribution in [0, 0.1) is 0 Å². The predicted molar refractivity (Wildman–Crippen MR) is 206 cm³/mol. The number of ether oxygens (including phenoxy) is 2. The molecule has 12 heteroatoms. The monoisotopic (exact) mass is 725 g/mol. The maximum Gasteiger partial charge on any atom is 0.272 e. The van der Waals surface area contributed by atoms with Crippen LogP contribution in [-0.4, -0.2) is 43.7 Å². The third-order valence-electron chi connectivity index (χ3n) is 8.02. The van der Waals surface area contributed by atoms with Crippen LogP contribution in [0.1, 0.15) is 33.2 Å². The Morgan fingerprint density at radius 1 is 0.792 bits per heavy atom. The van der Waals surface area contributed by atoms with Crippen LogP contribution >= 0.6 is 11.8 Å². The molecule has 4 amide bonds. The average molecular weight is 726 g/mol. The maximum absolute atomic E-state index is 13.7. The number of carbonyl (C=O) groups excluding carboxylic acids is 4. The molecule has 11 nitrogen and oxygen atoms in total. The smallest absolute Gasteiger partial charge is 0.272 e. The van der Waals surface area contributed by atoms with E-state index < -0.39 is 17.1 Å². The molecule has 5 aromatic rings. The van der Waals surface area contributed by atoms with Gasteiger partial charge in [0.1, 0.15) is 28.3 Å². The van der Waals surface area contributed by atoms with E-state index in [2.05, 4.69) is 21.1 Å². The van der Waals surface area contributed by atoms with Crippen molar-refractivity contribution in [3.63, 3.8) is 0 Å². The number of hydrogen-bond acceptors (Lipinski definition) is 8. The molecule has 1 aliphatic rings. The summed E-state index contributed by atoms with van der Waals surface area (Å²) >= 11 is 1.31. The molecule has 0 aromatic heterocycles. The Balaban J connectivity index is 1.20. The summed E-state index contributed by atoms with van der Waals surface area (Å²) in [5, 5.41) is 13.4. The van der Waals surface area contributed by atoms with Gasteiger partial charge in [0.05, 0.1) is 26.3 Å². The van der Waals surface area contributed by atoms with Gasteiger partial charge in [0, 0.05) is 21.7 Å². The van der Waals surface area contributed by atoms with E-state index in [1.54, 1.807) is 84.9 Å². The molecule has 1 heterocycles. The van der Waals surface area contributed by atoms with Crippen LogP contribution in [0.4, 0.5) is 11.4 Å². The number of carbonyl (C=O) groups is 4. The van der Waals surface area contributed by atoms with Gasteiger partial charge >= 0.3 is 0 Å². The fraction of sp³-hybridized carbons (Fsp3) is 0.0976. The number of amidine groups is 1. The molecule has 0 saturated heterocycles. The van der Waals surface area contributed by atoms with Crippen molar-refractivity contribution in [2.75, 3.05) is 24.5 Å². The Morgan fingerprint density at radius 3 is 2.11 bits per heavy atom. The number of amides is 4. The normalized spacial score (nSPS) is 13.1. The quantitative estimate of drug-likeness (QED) is 0.0949. The molecule has 1 unspecified atom stereocenters. The van der Waals surface area contributed by atoms with Crippen LogP contribution < -0.4 is 30.4 Å². The third-order valence-corrected chi connectivity index (χ3v) is 9.28. The Hall–Kier alpha value is -6.66. The lowest BCUT2D eigenvalue weighted by atomic mass is 10.1. The minimum atomic E-state index is -0.680. The third kappa shape index (κ3) is 9.18. The Kier molecular flexibility index (Phi) is 11.6. The first-order chi connectivity index (χ1) is 25.8. The Morgan fingerprint density at radius 2 is 1.45 bits per heavy atom. The van der Waals surface area contributed by atoms with Gasteiger partial charge in [0.2, 0.25) is 5.91 Å². The largest absolute Gasteiger partial charge is 0.497 e. The minimum absolute atomic E-state index is 0.0243. The molecule has 0 aliphatic carbocycles. The van der Waals surface area contributed by atoms with Gasteiger partial charge in [-0.1, -0.05) is 66.7 Å². The zero-order valence-electron chi connectivity index (χ0n) is 28.8. The van der Waals surface area contributed by atoms with Crippen molar-refractivity contribution in [2.45, 2.75) is 16.6 Å². The second kappa shape index (κ2) is 17.0. The number of para-hydroxylation sites is 1. The van der Waals surface area contributed by atoms with Crippen LogP contribution in [0.3, 0.4) is 0 Å². The van der Waals surface area contributed by atoms with E-state index in [0.717, 1.165) is 10.5 Å². The number of nitrogens with one attached hydrogen (secondary N) is 3. The fourth-order valence-electron chi connectivity index (χ4n) is 5.38.